The van der Waals surface area contributed by atoms with Crippen molar-refractivity contribution < 1.29 is 14.3 Å². The van der Waals surface area contributed by atoms with Crippen LogP contribution < -0.4 is 0 Å². The lowest BCUT2D eigenvalue weighted by Gasteiger charge is -2.12. The molecule has 0 aliphatic rings. The predicted molar refractivity (Wildman–Crippen MR) is 82.7 cm³/mol. The van der Waals surface area contributed by atoms with Crippen LogP contribution in [0.1, 0.15) is 44.0 Å². The third kappa shape index (κ3) is 6.33. The molecule has 0 bridgehead atoms. The highest BCUT2D eigenvalue weighted by Crippen LogP contribution is 2.15. The molecular formula is C16H21BrO3. The fourth-order valence-corrected chi connectivity index (χ4v) is 2.36. The second kappa shape index (κ2) is 8.20. The van der Waals surface area contributed by atoms with Gasteiger partial charge in [0.25, 0.3) is 0 Å². The highest BCUT2D eigenvalue weighted by atomic mass is 79.9. The van der Waals surface area contributed by atoms with Crippen molar-refractivity contribution in [3.63, 3.8) is 0 Å². The number of Topliss-reactive ketones (excluding diaryl/α,β-unsaturated/α-hetero) is 1. The van der Waals surface area contributed by atoms with E-state index in [-0.39, 0.29) is 24.3 Å². The number of benzene rings is 1. The van der Waals surface area contributed by atoms with Gasteiger partial charge in [-0.15, -0.1) is 0 Å². The van der Waals surface area contributed by atoms with E-state index in [1.165, 1.54) is 0 Å². The lowest BCUT2D eigenvalue weighted by molar-refractivity contribution is -0.143. The van der Waals surface area contributed by atoms with Gasteiger partial charge in [0.15, 0.2) is 12.4 Å². The first-order valence-corrected chi connectivity index (χ1v) is 7.62. The van der Waals surface area contributed by atoms with Crippen molar-refractivity contribution in [1.29, 1.82) is 0 Å². The summed E-state index contributed by atoms with van der Waals surface area (Å²) in [5.74, 6) is 0.360. The van der Waals surface area contributed by atoms with Crippen LogP contribution in [-0.2, 0) is 9.53 Å². The molecule has 0 saturated carbocycles. The Morgan fingerprint density at radius 2 is 1.75 bits per heavy atom. The Balaban J connectivity index is 2.37. The molecule has 0 N–H and O–H groups in total. The molecule has 0 aliphatic carbocycles. The lowest BCUT2D eigenvalue weighted by atomic mass is 9.96. The second-order valence-corrected chi connectivity index (χ2v) is 6.45. The maximum Gasteiger partial charge on any atom is 0.306 e. The van der Waals surface area contributed by atoms with E-state index in [0.29, 0.717) is 17.9 Å². The van der Waals surface area contributed by atoms with Gasteiger partial charge in [-0.2, -0.15) is 0 Å². The maximum atomic E-state index is 11.8. The summed E-state index contributed by atoms with van der Waals surface area (Å²) < 4.78 is 5.95. The number of hydrogen-bond donors (Lipinski definition) is 0. The normalized spacial score (nSPS) is 12.2. The van der Waals surface area contributed by atoms with Gasteiger partial charge < -0.3 is 4.74 Å². The monoisotopic (exact) mass is 340 g/mol. The summed E-state index contributed by atoms with van der Waals surface area (Å²) in [6.45, 7) is 6.09. The van der Waals surface area contributed by atoms with Crippen molar-refractivity contribution >= 4 is 27.7 Å². The quantitative estimate of drug-likeness (QED) is 0.550. The van der Waals surface area contributed by atoms with Gasteiger partial charge in [0.1, 0.15) is 0 Å². The van der Waals surface area contributed by atoms with E-state index in [4.69, 9.17) is 4.74 Å². The van der Waals surface area contributed by atoms with Crippen LogP contribution >= 0.6 is 15.9 Å². The fraction of sp³-hybridized carbons (Fsp3) is 0.500. The second-order valence-electron chi connectivity index (χ2n) is 5.53. The number of halogens is 1. The van der Waals surface area contributed by atoms with Gasteiger partial charge in [-0.1, -0.05) is 48.8 Å². The molecule has 0 fully saturated rings. The van der Waals surface area contributed by atoms with Gasteiger partial charge in [-0.05, 0) is 30.4 Å². The van der Waals surface area contributed by atoms with Crippen molar-refractivity contribution in [2.24, 2.45) is 11.8 Å². The minimum Gasteiger partial charge on any atom is -0.457 e. The molecular weight excluding hydrogens is 320 g/mol. The first-order valence-electron chi connectivity index (χ1n) is 6.83. The average Bonchev–Trinajstić information content (AvgIpc) is 2.35. The van der Waals surface area contributed by atoms with Crippen molar-refractivity contribution in [3.05, 3.63) is 34.3 Å². The summed E-state index contributed by atoms with van der Waals surface area (Å²) in [4.78, 5) is 23.5. The minimum atomic E-state index is -0.302. The standard InChI is InChI=1S/C16H21BrO3/c1-11(2)8-12(3)9-16(19)20-10-15(18)13-4-6-14(17)7-5-13/h4-7,11-12H,8-10H2,1-3H3/t12-/m1/s1. The molecule has 3 nitrogen and oxygen atoms in total. The van der Waals surface area contributed by atoms with E-state index in [0.717, 1.165) is 10.9 Å². The Morgan fingerprint density at radius 1 is 1.15 bits per heavy atom. The highest BCUT2D eigenvalue weighted by Gasteiger charge is 2.14. The zero-order valence-corrected chi connectivity index (χ0v) is 13.8. The molecule has 0 radical (unpaired) electrons. The SMILES string of the molecule is CC(C)C[C@@H](C)CC(=O)OCC(=O)c1ccc(Br)cc1. The molecule has 0 heterocycles. The molecule has 110 valence electrons. The Bertz CT molecular complexity index is 451. The summed E-state index contributed by atoms with van der Waals surface area (Å²) in [6, 6.07) is 7.00. The van der Waals surface area contributed by atoms with E-state index in [9.17, 15) is 9.59 Å². The maximum absolute atomic E-state index is 11.8. The number of hydrogen-bond acceptors (Lipinski definition) is 3. The topological polar surface area (TPSA) is 43.4 Å². The molecule has 20 heavy (non-hydrogen) atoms. The predicted octanol–water partition coefficient (Wildman–Crippen LogP) is 4.25. The number of carbonyl (C=O) groups is 2. The minimum absolute atomic E-state index is 0.178. The number of carbonyl (C=O) groups excluding carboxylic acids is 2. The summed E-state index contributed by atoms with van der Waals surface area (Å²) in [5, 5.41) is 0. The molecule has 1 rings (SSSR count). The zero-order valence-electron chi connectivity index (χ0n) is 12.2. The van der Waals surface area contributed by atoms with Crippen LogP contribution in [0.15, 0.2) is 28.7 Å². The molecule has 0 amide bonds. The Labute approximate surface area is 128 Å². The lowest BCUT2D eigenvalue weighted by Crippen LogP contribution is -2.16. The summed E-state index contributed by atoms with van der Waals surface area (Å²) in [5.41, 5.74) is 0.552. The van der Waals surface area contributed by atoms with Crippen LogP contribution in [0, 0.1) is 11.8 Å². The average molecular weight is 341 g/mol. The summed E-state index contributed by atoms with van der Waals surface area (Å²) >= 11 is 3.31. The van der Waals surface area contributed by atoms with Crippen LogP contribution in [-0.4, -0.2) is 18.4 Å². The van der Waals surface area contributed by atoms with E-state index in [1.807, 2.05) is 6.92 Å². The van der Waals surface area contributed by atoms with E-state index >= 15 is 0 Å². The van der Waals surface area contributed by atoms with Crippen molar-refractivity contribution in [1.82, 2.24) is 0 Å². The van der Waals surface area contributed by atoms with Gasteiger partial charge in [-0.25, -0.2) is 0 Å². The van der Waals surface area contributed by atoms with Gasteiger partial charge in [0, 0.05) is 16.5 Å². The number of rotatable bonds is 7. The van der Waals surface area contributed by atoms with Crippen LogP contribution in [0.4, 0.5) is 0 Å². The number of esters is 1. The van der Waals surface area contributed by atoms with Crippen molar-refractivity contribution in [3.8, 4) is 0 Å². The van der Waals surface area contributed by atoms with Crippen LogP contribution in [0.3, 0.4) is 0 Å². The first kappa shape index (κ1) is 16.9. The zero-order chi connectivity index (χ0) is 15.1. The first-order chi connectivity index (χ1) is 9.38. The molecule has 0 unspecified atom stereocenters. The van der Waals surface area contributed by atoms with Gasteiger partial charge in [-0.3, -0.25) is 9.59 Å². The molecule has 0 aliphatic heterocycles. The number of ketones is 1. The molecule has 4 heteroatoms. The molecule has 0 aromatic heterocycles. The molecule has 1 aromatic carbocycles. The van der Waals surface area contributed by atoms with Gasteiger partial charge >= 0.3 is 5.97 Å². The summed E-state index contributed by atoms with van der Waals surface area (Å²) in [7, 11) is 0. The fourth-order valence-electron chi connectivity index (χ4n) is 2.10. The smallest absolute Gasteiger partial charge is 0.306 e. The molecule has 0 saturated heterocycles. The summed E-state index contributed by atoms with van der Waals surface area (Å²) in [6.07, 6.45) is 1.35. The van der Waals surface area contributed by atoms with Crippen LogP contribution in [0.5, 0.6) is 0 Å². The third-order valence-electron chi connectivity index (χ3n) is 2.92. The van der Waals surface area contributed by atoms with Gasteiger partial charge in [0.2, 0.25) is 0 Å². The molecule has 0 spiro atoms. The molecule has 1 atom stereocenters. The Kier molecular flexibility index (Phi) is 6.93. The van der Waals surface area contributed by atoms with Crippen LogP contribution in [0.25, 0.3) is 0 Å². The van der Waals surface area contributed by atoms with Gasteiger partial charge in [0.05, 0.1) is 0 Å². The molecule has 1 aromatic rings. The van der Waals surface area contributed by atoms with E-state index in [1.54, 1.807) is 24.3 Å². The largest absolute Gasteiger partial charge is 0.457 e. The van der Waals surface area contributed by atoms with E-state index in [2.05, 4.69) is 29.8 Å². The Morgan fingerprint density at radius 3 is 2.30 bits per heavy atom. The van der Waals surface area contributed by atoms with Crippen molar-refractivity contribution in [2.45, 2.75) is 33.6 Å². The van der Waals surface area contributed by atoms with Crippen LogP contribution in [0.2, 0.25) is 0 Å². The highest BCUT2D eigenvalue weighted by molar-refractivity contribution is 9.10. The third-order valence-corrected chi connectivity index (χ3v) is 3.45. The van der Waals surface area contributed by atoms with Crippen molar-refractivity contribution in [2.75, 3.05) is 6.61 Å². The van der Waals surface area contributed by atoms with E-state index < -0.39 is 0 Å². The number of ether oxygens (including phenoxy) is 1. The Hall–Kier alpha value is -1.16.